The Hall–Kier alpha value is -1.22. The van der Waals surface area contributed by atoms with Crippen LogP contribution in [0, 0.1) is 0 Å². The number of carbonyl (C=O) groups excluding carboxylic acids is 2. The molecule has 0 radical (unpaired) electrons. The molecule has 1 aliphatic heterocycles. The molecule has 0 saturated carbocycles. The van der Waals surface area contributed by atoms with E-state index in [-0.39, 0.29) is 18.6 Å². The van der Waals surface area contributed by atoms with Crippen molar-refractivity contribution in [2.24, 2.45) is 0 Å². The van der Waals surface area contributed by atoms with E-state index >= 15 is 0 Å². The predicted octanol–water partition coefficient (Wildman–Crippen LogP) is 1.49. The zero-order valence-electron chi connectivity index (χ0n) is 13.9. The van der Waals surface area contributed by atoms with Crippen LogP contribution in [0.5, 0.6) is 0 Å². The number of aromatic nitrogens is 2. The lowest BCUT2D eigenvalue weighted by Gasteiger charge is -2.20. The standard InChI is InChI=1S/C15H16I2N2O7/c1-7(20)24-6-9-3-12(25-8(2)21)14(26-9)19-5-10(11(17)4-16)13(22)18-15(19)23/h4-5,9,12,14H,3,6H2,1-2H3,(H,18,22,23)/b11-4+/t9-,12+,14+/m0/s1. The molecule has 2 heterocycles. The van der Waals surface area contributed by atoms with E-state index in [0.29, 0.717) is 3.58 Å². The summed E-state index contributed by atoms with van der Waals surface area (Å²) in [6.07, 6.45) is -0.632. The summed E-state index contributed by atoms with van der Waals surface area (Å²) in [6.45, 7) is 2.49. The van der Waals surface area contributed by atoms with Gasteiger partial charge in [-0.05, 0) is 26.7 Å². The molecular formula is C15H16I2N2O7. The average Bonchev–Trinajstić information content (AvgIpc) is 2.94. The van der Waals surface area contributed by atoms with Crippen molar-refractivity contribution in [2.75, 3.05) is 6.61 Å². The van der Waals surface area contributed by atoms with Crippen LogP contribution >= 0.6 is 45.2 Å². The van der Waals surface area contributed by atoms with E-state index in [1.807, 2.05) is 45.2 Å². The number of esters is 2. The van der Waals surface area contributed by atoms with E-state index in [2.05, 4.69) is 4.98 Å². The summed E-state index contributed by atoms with van der Waals surface area (Å²) in [5, 5.41) is 0. The number of H-pyrrole nitrogens is 1. The van der Waals surface area contributed by atoms with Crippen LogP contribution in [0.2, 0.25) is 0 Å². The molecule has 1 aromatic rings. The lowest BCUT2D eigenvalue weighted by Crippen LogP contribution is -2.37. The number of nitrogens with one attached hydrogen (secondary N) is 1. The number of nitrogens with zero attached hydrogens (tertiary/aromatic N) is 1. The molecule has 9 nitrogen and oxygen atoms in total. The molecule has 0 amide bonds. The van der Waals surface area contributed by atoms with Gasteiger partial charge in [0.05, 0.1) is 11.7 Å². The summed E-state index contributed by atoms with van der Waals surface area (Å²) in [5.74, 6) is -0.998. The van der Waals surface area contributed by atoms with Crippen LogP contribution in [0.25, 0.3) is 3.58 Å². The van der Waals surface area contributed by atoms with Crippen molar-refractivity contribution in [3.63, 3.8) is 0 Å². The Balaban J connectivity index is 2.39. The maximum absolute atomic E-state index is 12.3. The molecule has 26 heavy (non-hydrogen) atoms. The van der Waals surface area contributed by atoms with Gasteiger partial charge in [0.15, 0.2) is 6.23 Å². The highest BCUT2D eigenvalue weighted by atomic mass is 127. The van der Waals surface area contributed by atoms with Crippen molar-refractivity contribution in [1.29, 1.82) is 0 Å². The first kappa shape index (κ1) is 21.1. The lowest BCUT2D eigenvalue weighted by atomic mass is 10.2. The quantitative estimate of drug-likeness (QED) is 0.408. The fourth-order valence-corrected chi connectivity index (χ4v) is 3.22. The molecule has 0 spiro atoms. The molecule has 3 atom stereocenters. The van der Waals surface area contributed by atoms with Gasteiger partial charge in [0, 0.05) is 30.0 Å². The van der Waals surface area contributed by atoms with Gasteiger partial charge in [-0.15, -0.1) is 0 Å². The first-order valence-electron chi connectivity index (χ1n) is 7.50. The first-order valence-corrected chi connectivity index (χ1v) is 9.83. The highest BCUT2D eigenvalue weighted by Crippen LogP contribution is 2.31. The third-order valence-corrected chi connectivity index (χ3v) is 6.24. The number of halogens is 2. The average molecular weight is 590 g/mol. The molecule has 142 valence electrons. The zero-order valence-corrected chi connectivity index (χ0v) is 18.2. The van der Waals surface area contributed by atoms with Crippen LogP contribution < -0.4 is 11.2 Å². The van der Waals surface area contributed by atoms with Gasteiger partial charge < -0.3 is 14.2 Å². The summed E-state index contributed by atoms with van der Waals surface area (Å²) in [5.41, 5.74) is -0.929. The number of carbonyl (C=O) groups is 2. The third-order valence-electron chi connectivity index (χ3n) is 3.53. The number of hydrogen-bond acceptors (Lipinski definition) is 7. The Kier molecular flexibility index (Phi) is 7.40. The predicted molar refractivity (Wildman–Crippen MR) is 108 cm³/mol. The van der Waals surface area contributed by atoms with Crippen molar-refractivity contribution in [3.05, 3.63) is 36.7 Å². The van der Waals surface area contributed by atoms with Gasteiger partial charge in [0.25, 0.3) is 5.56 Å². The van der Waals surface area contributed by atoms with Crippen molar-refractivity contribution in [3.8, 4) is 0 Å². The van der Waals surface area contributed by atoms with E-state index in [0.717, 1.165) is 0 Å². The SMILES string of the molecule is CC(=O)OC[C@@H]1C[C@@H](OC(C)=O)[C@H](n2cc(/C(I)=C\I)c(=O)[nH]c2=O)O1. The number of rotatable bonds is 5. The van der Waals surface area contributed by atoms with E-state index in [4.69, 9.17) is 14.2 Å². The lowest BCUT2D eigenvalue weighted by molar-refractivity contribution is -0.153. The maximum atomic E-state index is 12.3. The van der Waals surface area contributed by atoms with E-state index in [1.54, 1.807) is 4.08 Å². The summed E-state index contributed by atoms with van der Waals surface area (Å²) >= 11 is 3.96. The summed E-state index contributed by atoms with van der Waals surface area (Å²) in [6, 6.07) is 0. The monoisotopic (exact) mass is 590 g/mol. The molecule has 1 saturated heterocycles. The van der Waals surface area contributed by atoms with Crippen LogP contribution in [0.4, 0.5) is 0 Å². The molecule has 1 aliphatic rings. The van der Waals surface area contributed by atoms with Gasteiger partial charge in [-0.2, -0.15) is 0 Å². The van der Waals surface area contributed by atoms with E-state index in [1.165, 1.54) is 24.6 Å². The Morgan fingerprint density at radius 1 is 1.38 bits per heavy atom. The minimum Gasteiger partial charge on any atom is -0.463 e. The summed E-state index contributed by atoms with van der Waals surface area (Å²) < 4.78 is 19.5. The molecule has 0 aliphatic carbocycles. The number of aromatic amines is 1. The van der Waals surface area contributed by atoms with Gasteiger partial charge >= 0.3 is 17.6 Å². The van der Waals surface area contributed by atoms with E-state index in [9.17, 15) is 19.2 Å². The largest absolute Gasteiger partial charge is 0.463 e. The molecule has 1 aromatic heterocycles. The number of ether oxygens (including phenoxy) is 3. The maximum Gasteiger partial charge on any atom is 0.330 e. The molecule has 1 fully saturated rings. The molecule has 11 heteroatoms. The van der Waals surface area contributed by atoms with Crippen LogP contribution in [0.1, 0.15) is 32.1 Å². The Morgan fingerprint density at radius 2 is 2.08 bits per heavy atom. The van der Waals surface area contributed by atoms with Crippen LogP contribution in [0.3, 0.4) is 0 Å². The fourth-order valence-electron chi connectivity index (χ4n) is 2.50. The summed E-state index contributed by atoms with van der Waals surface area (Å²) in [7, 11) is 0. The first-order chi connectivity index (χ1) is 12.2. The second-order valence-corrected chi connectivity index (χ2v) is 7.29. The third kappa shape index (κ3) is 5.16. The molecule has 0 bridgehead atoms. The molecule has 2 rings (SSSR count). The van der Waals surface area contributed by atoms with Crippen molar-refractivity contribution < 1.29 is 23.8 Å². The minimum absolute atomic E-state index is 0.0280. The van der Waals surface area contributed by atoms with Crippen molar-refractivity contribution >= 4 is 60.7 Å². The molecular weight excluding hydrogens is 574 g/mol. The molecule has 0 aromatic carbocycles. The molecule has 0 unspecified atom stereocenters. The van der Waals surface area contributed by atoms with Gasteiger partial charge in [-0.1, -0.05) is 22.6 Å². The number of hydrogen-bond donors (Lipinski definition) is 1. The smallest absolute Gasteiger partial charge is 0.330 e. The topological polar surface area (TPSA) is 117 Å². The van der Waals surface area contributed by atoms with Gasteiger partial charge in [-0.25, -0.2) is 4.79 Å². The Morgan fingerprint density at radius 3 is 2.65 bits per heavy atom. The van der Waals surface area contributed by atoms with Gasteiger partial charge in [0.1, 0.15) is 12.7 Å². The van der Waals surface area contributed by atoms with E-state index < -0.39 is 41.6 Å². The zero-order chi connectivity index (χ0) is 19.4. The second kappa shape index (κ2) is 9.12. The highest BCUT2D eigenvalue weighted by Gasteiger charge is 2.40. The molecule has 1 N–H and O–H groups in total. The Labute approximate surface area is 175 Å². The summed E-state index contributed by atoms with van der Waals surface area (Å²) in [4.78, 5) is 48.9. The Bertz CT molecular complexity index is 845. The van der Waals surface area contributed by atoms with Crippen molar-refractivity contribution in [2.45, 2.75) is 38.7 Å². The normalized spacial score (nSPS) is 22.9. The fraction of sp³-hybridized carbons (Fsp3) is 0.467. The van der Waals surface area contributed by atoms with Crippen molar-refractivity contribution in [1.82, 2.24) is 9.55 Å². The second-order valence-electron chi connectivity index (χ2n) is 5.50. The van der Waals surface area contributed by atoms with Crippen LogP contribution in [-0.2, 0) is 23.8 Å². The van der Waals surface area contributed by atoms with Gasteiger partial charge in [-0.3, -0.25) is 23.9 Å². The highest BCUT2D eigenvalue weighted by molar-refractivity contribution is 14.1. The van der Waals surface area contributed by atoms with Crippen LogP contribution in [0.15, 0.2) is 19.9 Å². The van der Waals surface area contributed by atoms with Crippen LogP contribution in [-0.4, -0.2) is 40.3 Å². The van der Waals surface area contributed by atoms with Gasteiger partial charge in [0.2, 0.25) is 0 Å². The minimum atomic E-state index is -0.944.